The number of nitrogens with zero attached hydrogens (tertiary/aromatic N) is 2. The topological polar surface area (TPSA) is 8.17 Å². The van der Waals surface area contributed by atoms with Gasteiger partial charge in [0.15, 0.2) is 0 Å². The first kappa shape index (κ1) is 36.3. The second-order valence-electron chi connectivity index (χ2n) is 20.9. The van der Waals surface area contributed by atoms with Gasteiger partial charge in [0.2, 0.25) is 0 Å². The molecule has 7 aromatic carbocycles. The summed E-state index contributed by atoms with van der Waals surface area (Å²) < 4.78 is 2.66. The minimum Gasteiger partial charge on any atom is -0.310 e. The van der Waals surface area contributed by atoms with Crippen molar-refractivity contribution in [2.24, 2.45) is 0 Å². The number of anilines is 3. The Hall–Kier alpha value is -6.38. The molecule has 0 spiro atoms. The summed E-state index contributed by atoms with van der Waals surface area (Å²) in [5, 5.41) is 4.24. The van der Waals surface area contributed by atoms with Gasteiger partial charge >= 0.3 is 0 Å². The van der Waals surface area contributed by atoms with Crippen LogP contribution in [0.4, 0.5) is 17.1 Å². The molecule has 0 radical (unpaired) electrons. The molecule has 8 aromatic rings. The average molecular weight is 801 g/mol. The minimum absolute atomic E-state index is 0.0758. The summed E-state index contributed by atoms with van der Waals surface area (Å²) in [6.07, 6.45) is 3.61. The Morgan fingerprint density at radius 1 is 0.452 bits per heavy atom. The third kappa shape index (κ3) is 4.40. The van der Waals surface area contributed by atoms with Crippen molar-refractivity contribution in [2.75, 3.05) is 4.90 Å². The van der Waals surface area contributed by atoms with Crippen molar-refractivity contribution in [3.63, 3.8) is 0 Å². The fourth-order valence-electron chi connectivity index (χ4n) is 13.0. The van der Waals surface area contributed by atoms with Gasteiger partial charge in [-0.25, -0.2) is 0 Å². The molecule has 1 unspecified atom stereocenters. The van der Waals surface area contributed by atoms with Crippen molar-refractivity contribution in [1.82, 2.24) is 4.57 Å². The smallest absolute Gasteiger partial charge is 0.0582 e. The summed E-state index contributed by atoms with van der Waals surface area (Å²) in [6.45, 7) is 19.3. The standard InChI is InChI=1S/C60H52N2/c1-57(2)46-18-11-9-15-40(46)42-29-27-38(33-51(42)57)61(39-28-30-43-41-16-10-12-19-47(41)58(3,4)52(43)34-39)37-25-23-35(24-26-37)36-31-45-44-17-13-20-48-54(44)62-55(45)53(32-36)60(7,8)50-22-14-21-49(56(50)62)59(48,5)6/h9-31,33-34,36H,32H2,1-8H3. The molecular weight excluding hydrogens is 749 g/mol. The number of hydrogen-bond acceptors (Lipinski definition) is 1. The Morgan fingerprint density at radius 2 is 0.935 bits per heavy atom. The maximum Gasteiger partial charge on any atom is 0.0582 e. The van der Waals surface area contributed by atoms with Crippen LogP contribution in [0.3, 0.4) is 0 Å². The summed E-state index contributed by atoms with van der Waals surface area (Å²) in [6, 6.07) is 56.0. The Morgan fingerprint density at radius 3 is 1.55 bits per heavy atom. The summed E-state index contributed by atoms with van der Waals surface area (Å²) in [5.41, 5.74) is 24.2. The molecule has 0 fully saturated rings. The summed E-state index contributed by atoms with van der Waals surface area (Å²) in [7, 11) is 0. The van der Waals surface area contributed by atoms with Gasteiger partial charge in [-0.15, -0.1) is 0 Å². The summed E-state index contributed by atoms with van der Waals surface area (Å²) in [5.74, 6) is 0.263. The average Bonchev–Trinajstić information content (AvgIpc) is 3.82. The van der Waals surface area contributed by atoms with E-state index in [9.17, 15) is 0 Å². The van der Waals surface area contributed by atoms with E-state index in [1.807, 2.05) is 0 Å². The largest absolute Gasteiger partial charge is 0.310 e. The summed E-state index contributed by atoms with van der Waals surface area (Å²) >= 11 is 0. The maximum absolute atomic E-state index is 2.66. The number of para-hydroxylation sites is 2. The van der Waals surface area contributed by atoms with Crippen molar-refractivity contribution < 1.29 is 0 Å². The highest BCUT2D eigenvalue weighted by Gasteiger charge is 2.44. The molecule has 0 bridgehead atoms. The second-order valence-corrected chi connectivity index (χ2v) is 20.9. The normalized spacial score (nSPS) is 19.0. The van der Waals surface area contributed by atoms with Gasteiger partial charge in [0.25, 0.3) is 0 Å². The number of rotatable bonds is 4. The number of hydrogen-bond donors (Lipinski definition) is 0. The Bertz CT molecular complexity index is 3330. The molecule has 1 atom stereocenters. The van der Waals surface area contributed by atoms with Gasteiger partial charge in [-0.1, -0.05) is 171 Å². The van der Waals surface area contributed by atoms with E-state index < -0.39 is 0 Å². The van der Waals surface area contributed by atoms with Crippen LogP contribution < -0.4 is 15.5 Å². The fraction of sp³-hybridized carbons (Fsp3) is 0.233. The molecule has 2 nitrogen and oxygen atoms in total. The van der Waals surface area contributed by atoms with Gasteiger partial charge < -0.3 is 9.47 Å². The lowest BCUT2D eigenvalue weighted by Crippen LogP contribution is -2.46. The first-order chi connectivity index (χ1) is 29.8. The zero-order valence-electron chi connectivity index (χ0n) is 37.1. The lowest BCUT2D eigenvalue weighted by molar-refractivity contribution is 0.587. The number of aromatic nitrogens is 1. The highest BCUT2D eigenvalue weighted by molar-refractivity contribution is 5.95. The molecule has 2 aliphatic heterocycles. The van der Waals surface area contributed by atoms with Crippen LogP contribution in [0.25, 0.3) is 50.5 Å². The molecule has 1 aromatic heterocycles. The summed E-state index contributed by atoms with van der Waals surface area (Å²) in [4.78, 5) is 2.51. The molecule has 0 saturated carbocycles. The Labute approximate surface area is 365 Å². The van der Waals surface area contributed by atoms with E-state index in [1.165, 1.54) is 111 Å². The Balaban J connectivity index is 0.965. The molecule has 302 valence electrons. The van der Waals surface area contributed by atoms with Crippen molar-refractivity contribution >= 4 is 39.6 Å². The number of benzene rings is 7. The molecule has 5 aliphatic rings. The van der Waals surface area contributed by atoms with Crippen molar-refractivity contribution in [3.05, 3.63) is 201 Å². The predicted octanol–water partition coefficient (Wildman–Crippen LogP) is 13.8. The lowest BCUT2D eigenvalue weighted by atomic mass is 9.67. The molecule has 13 rings (SSSR count). The fourth-order valence-corrected chi connectivity index (χ4v) is 13.0. The maximum atomic E-state index is 2.66. The van der Waals surface area contributed by atoms with Crippen LogP contribution in [-0.4, -0.2) is 4.57 Å². The van der Waals surface area contributed by atoms with E-state index in [0.29, 0.717) is 0 Å². The molecule has 3 aliphatic carbocycles. The quantitative estimate of drug-likeness (QED) is 0.172. The first-order valence-electron chi connectivity index (χ1n) is 22.7. The monoisotopic (exact) mass is 800 g/mol. The molecular formula is C60H52N2. The van der Waals surface area contributed by atoms with Gasteiger partial charge in [-0.3, -0.25) is 0 Å². The van der Waals surface area contributed by atoms with Crippen molar-refractivity contribution in [3.8, 4) is 27.9 Å². The molecule has 0 amide bonds. The van der Waals surface area contributed by atoms with E-state index in [2.05, 4.69) is 217 Å². The van der Waals surface area contributed by atoms with E-state index in [4.69, 9.17) is 0 Å². The SMILES string of the molecule is CC1(C)C2=c3c(c4cccc5c4n3-c3c1cccc3C5(C)C)=CC(c1ccc(N(c3ccc4c(c3)C(C)(C)c3ccccc3-4)c3ccc4c(c3)C(C)(C)c3ccccc3-4)cc1)C2. The van der Waals surface area contributed by atoms with Gasteiger partial charge in [-0.2, -0.15) is 0 Å². The van der Waals surface area contributed by atoms with Crippen LogP contribution in [0.2, 0.25) is 0 Å². The van der Waals surface area contributed by atoms with Crippen LogP contribution in [0, 0.1) is 0 Å². The zero-order chi connectivity index (χ0) is 42.2. The van der Waals surface area contributed by atoms with Crippen LogP contribution >= 0.6 is 0 Å². The molecule has 0 N–H and O–H groups in total. The van der Waals surface area contributed by atoms with E-state index in [-0.39, 0.29) is 27.6 Å². The van der Waals surface area contributed by atoms with E-state index in [1.54, 1.807) is 5.57 Å². The van der Waals surface area contributed by atoms with Gasteiger partial charge in [-0.05, 0) is 115 Å². The third-order valence-corrected chi connectivity index (χ3v) is 16.4. The predicted molar refractivity (Wildman–Crippen MR) is 259 cm³/mol. The highest BCUT2D eigenvalue weighted by atomic mass is 15.1. The van der Waals surface area contributed by atoms with Crippen LogP contribution in [0.15, 0.2) is 146 Å². The molecule has 2 heteroatoms. The first-order valence-corrected chi connectivity index (χ1v) is 22.7. The second kappa shape index (κ2) is 11.7. The molecule has 0 saturated heterocycles. The van der Waals surface area contributed by atoms with Crippen molar-refractivity contribution in [2.45, 2.75) is 89.4 Å². The van der Waals surface area contributed by atoms with Crippen molar-refractivity contribution in [1.29, 1.82) is 0 Å². The highest BCUT2D eigenvalue weighted by Crippen LogP contribution is 2.55. The van der Waals surface area contributed by atoms with Crippen LogP contribution in [0.1, 0.15) is 112 Å². The number of fused-ring (bicyclic) bond motifs is 7. The van der Waals surface area contributed by atoms with Gasteiger partial charge in [0.05, 0.1) is 16.6 Å². The van der Waals surface area contributed by atoms with Gasteiger partial charge in [0, 0.05) is 55.2 Å². The van der Waals surface area contributed by atoms with E-state index in [0.717, 1.165) is 6.42 Å². The van der Waals surface area contributed by atoms with Crippen LogP contribution in [-0.2, 0) is 21.7 Å². The van der Waals surface area contributed by atoms with Gasteiger partial charge in [0.1, 0.15) is 0 Å². The zero-order valence-corrected chi connectivity index (χ0v) is 37.1. The lowest BCUT2D eigenvalue weighted by Gasteiger charge is -2.43. The minimum atomic E-state index is -0.0967. The Kier molecular flexibility index (Phi) is 6.88. The molecule has 3 heterocycles. The third-order valence-electron chi connectivity index (χ3n) is 16.4. The van der Waals surface area contributed by atoms with Crippen LogP contribution in [0.5, 0.6) is 0 Å². The van der Waals surface area contributed by atoms with E-state index >= 15 is 0 Å². The molecule has 62 heavy (non-hydrogen) atoms.